The number of nitrogens with zero attached hydrogens (tertiary/aromatic N) is 2. The lowest BCUT2D eigenvalue weighted by Crippen LogP contribution is -2.30. The van der Waals surface area contributed by atoms with Gasteiger partial charge in [0.05, 0.1) is 24.2 Å². The van der Waals surface area contributed by atoms with Crippen LogP contribution in [0.25, 0.3) is 0 Å². The molecule has 0 unspecified atom stereocenters. The van der Waals surface area contributed by atoms with Crippen LogP contribution in [0.3, 0.4) is 0 Å². The van der Waals surface area contributed by atoms with Gasteiger partial charge in [-0.15, -0.1) is 11.8 Å². The van der Waals surface area contributed by atoms with Crippen LogP contribution < -0.4 is 0 Å². The van der Waals surface area contributed by atoms with Crippen molar-refractivity contribution in [2.75, 3.05) is 13.2 Å². The van der Waals surface area contributed by atoms with Gasteiger partial charge in [-0.1, -0.05) is 0 Å². The molecular formula is C8H9ClN2OS. The third-order valence-corrected chi connectivity index (χ3v) is 3.15. The maximum atomic E-state index is 5.65. The zero-order valence-corrected chi connectivity index (χ0v) is 8.51. The summed E-state index contributed by atoms with van der Waals surface area (Å²) in [7, 11) is 0. The molecule has 5 heteroatoms. The summed E-state index contributed by atoms with van der Waals surface area (Å²) in [6.07, 6.45) is 1.68. The first kappa shape index (κ1) is 9.24. The van der Waals surface area contributed by atoms with Crippen molar-refractivity contribution >= 4 is 23.4 Å². The summed E-state index contributed by atoms with van der Waals surface area (Å²) in [4.78, 5) is 7.92. The van der Waals surface area contributed by atoms with Crippen LogP contribution in [0.15, 0.2) is 12.3 Å². The first-order chi connectivity index (χ1) is 6.34. The molecule has 0 radical (unpaired) electrons. The van der Waals surface area contributed by atoms with Crippen molar-refractivity contribution in [1.82, 2.24) is 9.97 Å². The van der Waals surface area contributed by atoms with Gasteiger partial charge in [0.1, 0.15) is 0 Å². The number of hydrogen-bond acceptors (Lipinski definition) is 4. The van der Waals surface area contributed by atoms with Gasteiger partial charge in [-0.05, 0) is 17.7 Å². The fourth-order valence-electron chi connectivity index (χ4n) is 0.963. The van der Waals surface area contributed by atoms with E-state index in [-0.39, 0.29) is 0 Å². The monoisotopic (exact) mass is 216 g/mol. The minimum Gasteiger partial charge on any atom is -0.379 e. The Labute approximate surface area is 85.9 Å². The molecule has 0 aromatic carbocycles. The van der Waals surface area contributed by atoms with Crippen molar-refractivity contribution in [1.29, 1.82) is 0 Å². The zero-order valence-electron chi connectivity index (χ0n) is 6.94. The number of ether oxygens (including phenoxy) is 1. The Kier molecular flexibility index (Phi) is 3.03. The van der Waals surface area contributed by atoms with E-state index in [4.69, 9.17) is 16.3 Å². The molecule has 2 rings (SSSR count). The van der Waals surface area contributed by atoms with Gasteiger partial charge in [-0.3, -0.25) is 0 Å². The topological polar surface area (TPSA) is 35.0 Å². The third kappa shape index (κ3) is 2.56. The van der Waals surface area contributed by atoms with Crippen LogP contribution in [0.5, 0.6) is 0 Å². The molecule has 1 fully saturated rings. The van der Waals surface area contributed by atoms with E-state index in [1.54, 1.807) is 6.20 Å². The van der Waals surface area contributed by atoms with Gasteiger partial charge in [0, 0.05) is 11.9 Å². The highest BCUT2D eigenvalue weighted by Crippen LogP contribution is 2.22. The second kappa shape index (κ2) is 4.26. The van der Waals surface area contributed by atoms with Gasteiger partial charge < -0.3 is 4.74 Å². The highest BCUT2D eigenvalue weighted by molar-refractivity contribution is 7.99. The molecule has 1 aliphatic heterocycles. The standard InChI is InChI=1S/C8H9ClN2OS/c9-8-10-2-1-6(11-8)5-13-7-3-12-4-7/h1-2,7H,3-5H2. The summed E-state index contributed by atoms with van der Waals surface area (Å²) in [6, 6.07) is 1.89. The Morgan fingerprint density at radius 3 is 3.08 bits per heavy atom. The molecule has 1 aromatic rings. The van der Waals surface area contributed by atoms with Gasteiger partial charge in [-0.2, -0.15) is 0 Å². The van der Waals surface area contributed by atoms with E-state index in [2.05, 4.69) is 9.97 Å². The molecule has 0 spiro atoms. The number of aromatic nitrogens is 2. The van der Waals surface area contributed by atoms with Gasteiger partial charge >= 0.3 is 0 Å². The lowest BCUT2D eigenvalue weighted by molar-refractivity contribution is 0.0455. The summed E-state index contributed by atoms with van der Waals surface area (Å²) in [5, 5.41) is 0.955. The van der Waals surface area contributed by atoms with E-state index >= 15 is 0 Å². The average Bonchev–Trinajstić information content (AvgIpc) is 2.01. The average molecular weight is 217 g/mol. The van der Waals surface area contributed by atoms with E-state index in [1.807, 2.05) is 17.8 Å². The van der Waals surface area contributed by atoms with Crippen molar-refractivity contribution in [2.24, 2.45) is 0 Å². The van der Waals surface area contributed by atoms with Crippen LogP contribution in [0, 0.1) is 0 Å². The molecule has 1 aliphatic rings. The van der Waals surface area contributed by atoms with Crippen LogP contribution in [0.1, 0.15) is 5.69 Å². The number of rotatable bonds is 3. The van der Waals surface area contributed by atoms with Crippen LogP contribution in [0.4, 0.5) is 0 Å². The molecule has 2 heterocycles. The molecule has 0 N–H and O–H groups in total. The van der Waals surface area contributed by atoms with Gasteiger partial charge in [0.15, 0.2) is 0 Å². The summed E-state index contributed by atoms with van der Waals surface area (Å²) in [6.45, 7) is 1.73. The minimum absolute atomic E-state index is 0.322. The van der Waals surface area contributed by atoms with Crippen LogP contribution in [-0.2, 0) is 10.5 Å². The molecule has 70 valence electrons. The quantitative estimate of drug-likeness (QED) is 0.722. The van der Waals surface area contributed by atoms with E-state index in [0.29, 0.717) is 10.5 Å². The molecule has 0 saturated carbocycles. The van der Waals surface area contributed by atoms with E-state index in [1.165, 1.54) is 0 Å². The molecule has 1 saturated heterocycles. The second-order valence-electron chi connectivity index (χ2n) is 2.79. The molecule has 13 heavy (non-hydrogen) atoms. The largest absolute Gasteiger partial charge is 0.379 e. The molecule has 0 aliphatic carbocycles. The number of hydrogen-bond donors (Lipinski definition) is 0. The van der Waals surface area contributed by atoms with Crippen molar-refractivity contribution in [3.63, 3.8) is 0 Å². The molecule has 1 aromatic heterocycles. The number of thioether (sulfide) groups is 1. The molecular weight excluding hydrogens is 208 g/mol. The third-order valence-electron chi connectivity index (χ3n) is 1.76. The van der Waals surface area contributed by atoms with E-state index < -0.39 is 0 Å². The first-order valence-corrected chi connectivity index (χ1v) is 5.44. The maximum absolute atomic E-state index is 5.65. The highest BCUT2D eigenvalue weighted by atomic mass is 35.5. The summed E-state index contributed by atoms with van der Waals surface area (Å²) >= 11 is 7.50. The lowest BCUT2D eigenvalue weighted by atomic mass is 10.4. The Morgan fingerprint density at radius 2 is 2.46 bits per heavy atom. The molecule has 0 amide bonds. The van der Waals surface area contributed by atoms with Crippen molar-refractivity contribution in [3.05, 3.63) is 23.2 Å². The van der Waals surface area contributed by atoms with Crippen molar-refractivity contribution in [3.8, 4) is 0 Å². The Bertz CT molecular complexity index is 293. The Balaban J connectivity index is 1.86. The molecule has 0 bridgehead atoms. The SMILES string of the molecule is Clc1nccc(CSC2COC2)n1. The Hall–Kier alpha value is -0.320. The molecule has 3 nitrogen and oxygen atoms in total. The van der Waals surface area contributed by atoms with E-state index in [0.717, 1.165) is 24.7 Å². The number of halogens is 1. The normalized spacial score (nSPS) is 17.0. The predicted molar refractivity (Wildman–Crippen MR) is 52.9 cm³/mol. The minimum atomic E-state index is 0.322. The summed E-state index contributed by atoms with van der Waals surface area (Å²) in [5.74, 6) is 0.885. The fraction of sp³-hybridized carbons (Fsp3) is 0.500. The van der Waals surface area contributed by atoms with Crippen LogP contribution in [-0.4, -0.2) is 28.4 Å². The lowest BCUT2D eigenvalue weighted by Gasteiger charge is -2.24. The fourth-order valence-corrected chi connectivity index (χ4v) is 2.08. The maximum Gasteiger partial charge on any atom is 0.222 e. The summed E-state index contributed by atoms with van der Waals surface area (Å²) in [5.41, 5.74) is 0.983. The van der Waals surface area contributed by atoms with E-state index in [9.17, 15) is 0 Å². The van der Waals surface area contributed by atoms with Gasteiger partial charge in [-0.25, -0.2) is 9.97 Å². The Morgan fingerprint density at radius 1 is 1.62 bits per heavy atom. The highest BCUT2D eigenvalue weighted by Gasteiger charge is 2.18. The molecule has 0 atom stereocenters. The van der Waals surface area contributed by atoms with Crippen molar-refractivity contribution in [2.45, 2.75) is 11.0 Å². The van der Waals surface area contributed by atoms with Crippen LogP contribution >= 0.6 is 23.4 Å². The van der Waals surface area contributed by atoms with Crippen molar-refractivity contribution < 1.29 is 4.74 Å². The van der Waals surface area contributed by atoms with Gasteiger partial charge in [0.2, 0.25) is 5.28 Å². The van der Waals surface area contributed by atoms with Gasteiger partial charge in [0.25, 0.3) is 0 Å². The second-order valence-corrected chi connectivity index (χ2v) is 4.41. The first-order valence-electron chi connectivity index (χ1n) is 4.01. The summed E-state index contributed by atoms with van der Waals surface area (Å²) < 4.78 is 5.07. The smallest absolute Gasteiger partial charge is 0.222 e. The van der Waals surface area contributed by atoms with Crippen LogP contribution in [0.2, 0.25) is 5.28 Å². The zero-order chi connectivity index (χ0) is 9.10. The predicted octanol–water partition coefficient (Wildman–Crippen LogP) is 1.76.